The number of hydrogen-bond donors (Lipinski definition) is 2. The first-order valence-corrected chi connectivity index (χ1v) is 10.5. The Kier molecular flexibility index (Phi) is 5.29. The molecule has 2 aliphatic rings. The number of aromatic hydroxyl groups is 1. The summed E-state index contributed by atoms with van der Waals surface area (Å²) in [5.41, 5.74) is 1.89. The van der Waals surface area contributed by atoms with Crippen molar-refractivity contribution < 1.29 is 29.2 Å². The van der Waals surface area contributed by atoms with Gasteiger partial charge in [-0.3, -0.25) is 4.79 Å². The van der Waals surface area contributed by atoms with Crippen molar-refractivity contribution in [1.82, 2.24) is 0 Å². The third-order valence-corrected chi connectivity index (χ3v) is 6.05. The predicted octanol–water partition coefficient (Wildman–Crippen LogP) is 4.74. The van der Waals surface area contributed by atoms with Gasteiger partial charge in [0, 0.05) is 17.0 Å². The first-order chi connectivity index (χ1) is 15.1. The Hall–Kier alpha value is -3.25. The number of rotatable bonds is 4. The van der Waals surface area contributed by atoms with E-state index in [0.717, 1.165) is 11.1 Å². The van der Waals surface area contributed by atoms with Crippen LogP contribution in [0.5, 0.6) is 23.0 Å². The molecule has 4 rings (SSSR count). The van der Waals surface area contributed by atoms with E-state index in [1.165, 1.54) is 13.2 Å². The van der Waals surface area contributed by atoms with E-state index in [2.05, 4.69) is 6.58 Å². The van der Waals surface area contributed by atoms with Crippen LogP contribution in [0.15, 0.2) is 36.4 Å². The molecule has 6 heteroatoms. The Balaban J connectivity index is 1.97. The summed E-state index contributed by atoms with van der Waals surface area (Å²) >= 11 is 0. The third-order valence-electron chi connectivity index (χ3n) is 6.05. The Morgan fingerprint density at radius 1 is 1.25 bits per heavy atom. The van der Waals surface area contributed by atoms with Gasteiger partial charge in [0.15, 0.2) is 0 Å². The van der Waals surface area contributed by atoms with Crippen molar-refractivity contribution in [2.75, 3.05) is 13.7 Å². The van der Waals surface area contributed by atoms with E-state index in [9.17, 15) is 15.0 Å². The topological polar surface area (TPSA) is 85.2 Å². The number of aliphatic hydroxyl groups is 1. The highest BCUT2D eigenvalue weighted by Crippen LogP contribution is 2.48. The van der Waals surface area contributed by atoms with Crippen LogP contribution in [-0.4, -0.2) is 35.3 Å². The number of carbonyl (C=O) groups excluding carboxylic acids is 1. The summed E-state index contributed by atoms with van der Waals surface area (Å²) in [6.45, 7) is 11.5. The number of carbonyl (C=O) groups is 1. The lowest BCUT2D eigenvalue weighted by molar-refractivity contribution is 0.0663. The van der Waals surface area contributed by atoms with Crippen LogP contribution in [0, 0.1) is 12.8 Å². The van der Waals surface area contributed by atoms with E-state index < -0.39 is 23.4 Å². The summed E-state index contributed by atoms with van der Waals surface area (Å²) < 4.78 is 17.6. The number of ketones is 1. The van der Waals surface area contributed by atoms with E-state index >= 15 is 0 Å². The number of phenols is 1. The molecule has 0 radical (unpaired) electrons. The molecule has 0 aromatic heterocycles. The maximum atomic E-state index is 14.0. The van der Waals surface area contributed by atoms with Crippen molar-refractivity contribution in [3.8, 4) is 23.0 Å². The second kappa shape index (κ2) is 7.71. The predicted molar refractivity (Wildman–Crippen MR) is 122 cm³/mol. The minimum atomic E-state index is -1.05. The molecule has 2 aliphatic heterocycles. The average molecular weight is 437 g/mol. The lowest BCUT2D eigenvalue weighted by Crippen LogP contribution is -2.30. The molecule has 0 saturated heterocycles. The molecule has 6 nitrogen and oxygen atoms in total. The zero-order valence-corrected chi connectivity index (χ0v) is 19.0. The number of fused-ring (bicyclic) bond motifs is 2. The second-order valence-corrected chi connectivity index (χ2v) is 8.97. The first-order valence-electron chi connectivity index (χ1n) is 10.5. The number of hydrogen-bond acceptors (Lipinski definition) is 6. The lowest BCUT2D eigenvalue weighted by Gasteiger charge is -2.34. The van der Waals surface area contributed by atoms with E-state index in [-0.39, 0.29) is 29.0 Å². The van der Waals surface area contributed by atoms with Gasteiger partial charge in [0.25, 0.3) is 0 Å². The summed E-state index contributed by atoms with van der Waals surface area (Å²) in [6, 6.07) is 4.99. The molecule has 0 unspecified atom stereocenters. The van der Waals surface area contributed by atoms with Crippen LogP contribution in [-0.2, 0) is 0 Å². The van der Waals surface area contributed by atoms with Crippen LogP contribution < -0.4 is 14.2 Å². The van der Waals surface area contributed by atoms with Gasteiger partial charge in [-0.2, -0.15) is 0 Å². The fourth-order valence-electron chi connectivity index (χ4n) is 4.32. The smallest absolute Gasteiger partial charge is 0.204 e. The summed E-state index contributed by atoms with van der Waals surface area (Å²) in [6.07, 6.45) is 2.76. The van der Waals surface area contributed by atoms with Crippen LogP contribution in [0.2, 0.25) is 0 Å². The molecule has 2 aromatic carbocycles. The van der Waals surface area contributed by atoms with Crippen molar-refractivity contribution in [1.29, 1.82) is 0 Å². The molecule has 0 bridgehead atoms. The monoisotopic (exact) mass is 436 g/mol. The SMILES string of the molecule is C=C(C)[C@H]1COc2c(C)cc(O)c(C(=O)c3c(OC)ccc4c3OC(C)(C)C=C4)c2[C@H]1O. The summed E-state index contributed by atoms with van der Waals surface area (Å²) in [7, 11) is 1.47. The van der Waals surface area contributed by atoms with Gasteiger partial charge < -0.3 is 24.4 Å². The van der Waals surface area contributed by atoms with Gasteiger partial charge in [-0.15, -0.1) is 0 Å². The van der Waals surface area contributed by atoms with Crippen molar-refractivity contribution >= 4 is 11.9 Å². The van der Waals surface area contributed by atoms with Crippen LogP contribution in [0.1, 0.15) is 59.5 Å². The first kappa shape index (κ1) is 22.0. The number of phenolic OH excluding ortho intramolecular Hbond substituents is 1. The van der Waals surface area contributed by atoms with Gasteiger partial charge >= 0.3 is 0 Å². The van der Waals surface area contributed by atoms with Crippen molar-refractivity contribution in [2.45, 2.75) is 39.4 Å². The van der Waals surface area contributed by atoms with Crippen molar-refractivity contribution in [2.24, 2.45) is 5.92 Å². The fourth-order valence-corrected chi connectivity index (χ4v) is 4.32. The molecule has 0 spiro atoms. The number of aliphatic hydroxyl groups excluding tert-OH is 1. The van der Waals surface area contributed by atoms with Gasteiger partial charge in [-0.1, -0.05) is 18.2 Å². The van der Waals surface area contributed by atoms with Crippen molar-refractivity contribution in [3.63, 3.8) is 0 Å². The molecule has 0 fully saturated rings. The highest BCUT2D eigenvalue weighted by atomic mass is 16.5. The summed E-state index contributed by atoms with van der Waals surface area (Å²) in [4.78, 5) is 14.0. The minimum absolute atomic E-state index is 0.0216. The summed E-state index contributed by atoms with van der Waals surface area (Å²) in [5, 5.41) is 22.1. The van der Waals surface area contributed by atoms with Crippen molar-refractivity contribution in [3.05, 3.63) is 64.2 Å². The van der Waals surface area contributed by atoms with Gasteiger partial charge in [0.2, 0.25) is 5.78 Å². The summed E-state index contributed by atoms with van der Waals surface area (Å²) in [5.74, 6) is -0.0550. The Morgan fingerprint density at radius 2 is 1.97 bits per heavy atom. The average Bonchev–Trinajstić information content (AvgIpc) is 2.72. The fraction of sp³-hybridized carbons (Fsp3) is 0.346. The van der Waals surface area contributed by atoms with E-state index in [4.69, 9.17) is 14.2 Å². The van der Waals surface area contributed by atoms with E-state index in [1.54, 1.807) is 19.9 Å². The quantitative estimate of drug-likeness (QED) is 0.532. The van der Waals surface area contributed by atoms with Crippen LogP contribution >= 0.6 is 0 Å². The Labute approximate surface area is 187 Å². The molecule has 32 heavy (non-hydrogen) atoms. The molecule has 2 N–H and O–H groups in total. The van der Waals surface area contributed by atoms with Crippen LogP contribution in [0.3, 0.4) is 0 Å². The highest BCUT2D eigenvalue weighted by molar-refractivity contribution is 6.16. The number of benzene rings is 2. The zero-order chi connectivity index (χ0) is 23.4. The normalized spacial score (nSPS) is 20.4. The van der Waals surface area contributed by atoms with Gasteiger partial charge in [0.05, 0.1) is 25.4 Å². The van der Waals surface area contributed by atoms with Gasteiger partial charge in [-0.25, -0.2) is 0 Å². The van der Waals surface area contributed by atoms with Crippen LogP contribution in [0.4, 0.5) is 0 Å². The molecule has 0 saturated carbocycles. The third kappa shape index (κ3) is 3.45. The minimum Gasteiger partial charge on any atom is -0.507 e. The molecule has 2 atom stereocenters. The molecule has 168 valence electrons. The largest absolute Gasteiger partial charge is 0.507 e. The number of aryl methyl sites for hydroxylation is 1. The highest BCUT2D eigenvalue weighted by Gasteiger charge is 2.39. The number of methoxy groups -OCH3 is 1. The Bertz CT molecular complexity index is 1160. The molecule has 0 amide bonds. The van der Waals surface area contributed by atoms with Gasteiger partial charge in [0.1, 0.15) is 34.2 Å². The zero-order valence-electron chi connectivity index (χ0n) is 19.0. The molecule has 0 aliphatic carbocycles. The van der Waals surface area contributed by atoms with Gasteiger partial charge in [-0.05, 0) is 57.5 Å². The second-order valence-electron chi connectivity index (χ2n) is 8.97. The molecular weight excluding hydrogens is 408 g/mol. The van der Waals surface area contributed by atoms with Crippen LogP contribution in [0.25, 0.3) is 6.08 Å². The number of ether oxygens (including phenoxy) is 3. The standard InChI is InChI=1S/C26H28O6/c1-13(2)16-12-31-24-14(3)11-17(27)19(21(24)22(16)28)23(29)20-18(30-6)8-7-15-9-10-26(4,5)32-25(15)20/h7-11,16,22,27-28H,1,12H2,2-6H3/t16-,22+/m1/s1. The lowest BCUT2D eigenvalue weighted by atomic mass is 9.82. The Morgan fingerprint density at radius 3 is 2.62 bits per heavy atom. The maximum Gasteiger partial charge on any atom is 0.204 e. The van der Waals surface area contributed by atoms with E-state index in [1.807, 2.05) is 32.1 Å². The molecule has 2 aromatic rings. The van der Waals surface area contributed by atoms with E-state index in [0.29, 0.717) is 22.8 Å². The molecular formula is C26H28O6. The maximum absolute atomic E-state index is 14.0. The molecule has 2 heterocycles.